The number of Topliss-reactive ketones (excluding diaryl/α,β-unsaturated/α-hetero) is 3. The van der Waals surface area contributed by atoms with Gasteiger partial charge in [0.15, 0.2) is 17.2 Å². The fraction of sp³-hybridized carbons (Fsp3) is 0.714. The molecule has 0 radical (unpaired) electrons. The first kappa shape index (κ1) is 21.3. The highest BCUT2D eigenvalue weighted by Gasteiger charge is 2.56. The molecule has 0 saturated heterocycles. The summed E-state index contributed by atoms with van der Waals surface area (Å²) in [7, 11) is 2.85. The van der Waals surface area contributed by atoms with E-state index in [9.17, 15) is 29.4 Å². The number of aliphatic carboxylic acids is 1. The zero-order valence-corrected chi connectivity index (χ0v) is 13.8. The van der Waals surface area contributed by atoms with Gasteiger partial charge in [0, 0.05) is 0 Å². The summed E-state index contributed by atoms with van der Waals surface area (Å²) < 4.78 is 0. The minimum absolute atomic E-state index is 0.754. The van der Waals surface area contributed by atoms with Gasteiger partial charge < -0.3 is 26.0 Å². The number of aliphatic hydroxyl groups is 2. The Bertz CT molecular complexity index is 503. The molecule has 0 aliphatic rings. The zero-order valence-electron chi connectivity index (χ0n) is 13.8. The molecule has 2 unspecified atom stereocenters. The minimum Gasteiger partial charge on any atom is -0.479 e. The lowest BCUT2D eigenvalue weighted by molar-refractivity contribution is -0.177. The van der Waals surface area contributed by atoms with Crippen LogP contribution >= 0.6 is 0 Å². The van der Waals surface area contributed by atoms with Gasteiger partial charge in [-0.3, -0.25) is 14.4 Å². The number of ketones is 3. The van der Waals surface area contributed by atoms with Crippen molar-refractivity contribution in [3.63, 3.8) is 0 Å². The van der Waals surface area contributed by atoms with Gasteiger partial charge in [0.05, 0.1) is 18.5 Å². The van der Waals surface area contributed by atoms with E-state index >= 15 is 0 Å². The molecule has 0 aromatic heterocycles. The third kappa shape index (κ3) is 4.41. The van der Waals surface area contributed by atoms with E-state index in [1.54, 1.807) is 0 Å². The van der Waals surface area contributed by atoms with Gasteiger partial charge >= 0.3 is 5.97 Å². The molecule has 9 heteroatoms. The normalized spacial score (nSPS) is 19.1. The van der Waals surface area contributed by atoms with Crippen LogP contribution in [0.3, 0.4) is 0 Å². The van der Waals surface area contributed by atoms with Crippen molar-refractivity contribution in [2.24, 2.45) is 0 Å². The molecule has 0 bridgehead atoms. The predicted molar refractivity (Wildman–Crippen MR) is 79.9 cm³/mol. The molecule has 0 spiro atoms. The first-order chi connectivity index (χ1) is 10.4. The smallest absolute Gasteiger partial charge is 0.344 e. The Balaban J connectivity index is 5.69. The molecule has 5 N–H and O–H groups in total. The van der Waals surface area contributed by atoms with Crippen molar-refractivity contribution in [1.29, 1.82) is 0 Å². The highest BCUT2D eigenvalue weighted by atomic mass is 16.4. The predicted octanol–water partition coefficient (Wildman–Crippen LogP) is -2.13. The van der Waals surface area contributed by atoms with Gasteiger partial charge in [0.1, 0.15) is 0 Å². The fourth-order valence-corrected chi connectivity index (χ4v) is 1.89. The van der Waals surface area contributed by atoms with E-state index < -0.39 is 53.0 Å². The van der Waals surface area contributed by atoms with Gasteiger partial charge in [-0.15, -0.1) is 0 Å². The zero-order chi connectivity index (χ0) is 18.6. The SMILES string of the molecule is CN[C@@H](C)C(=O)CC(O)(C(=O)O)C(=O)C(C)(O)C(=O)[C@H](C)NC. The Labute approximate surface area is 134 Å². The summed E-state index contributed by atoms with van der Waals surface area (Å²) in [6.45, 7) is 3.57. The highest BCUT2D eigenvalue weighted by Crippen LogP contribution is 2.23. The molecule has 0 aromatic rings. The maximum atomic E-state index is 12.3. The van der Waals surface area contributed by atoms with Gasteiger partial charge in [-0.25, -0.2) is 4.79 Å². The Morgan fingerprint density at radius 2 is 1.43 bits per heavy atom. The molecule has 0 aliphatic carbocycles. The number of likely N-dealkylation sites (N-methyl/N-ethyl adjacent to an activating group) is 2. The Kier molecular flexibility index (Phi) is 7.17. The molecule has 0 aliphatic heterocycles. The standard InChI is InChI=1S/C14H24N2O7/c1-7(15-4)9(17)6-14(23,12(20)21)11(19)13(3,22)10(18)8(2)16-5/h7-8,15-16,22-23H,6H2,1-5H3,(H,20,21)/t7-,8-,13?,14?/m0/s1. The number of carbonyl (C=O) groups is 4. The quantitative estimate of drug-likeness (QED) is 0.282. The average Bonchev–Trinajstić information content (AvgIpc) is 2.50. The summed E-state index contributed by atoms with van der Waals surface area (Å²) in [6.07, 6.45) is -1.07. The first-order valence-electron chi connectivity index (χ1n) is 7.00. The van der Waals surface area contributed by atoms with Gasteiger partial charge in [-0.05, 0) is 34.9 Å². The van der Waals surface area contributed by atoms with E-state index in [4.69, 9.17) is 5.11 Å². The maximum Gasteiger partial charge on any atom is 0.344 e. The lowest BCUT2D eigenvalue weighted by Gasteiger charge is -2.31. The molecule has 4 atom stereocenters. The summed E-state index contributed by atoms with van der Waals surface area (Å²) in [5.41, 5.74) is -5.96. The second kappa shape index (κ2) is 7.73. The molecule has 0 aromatic carbocycles. The molecule has 0 heterocycles. The summed E-state index contributed by atoms with van der Waals surface area (Å²) in [4.78, 5) is 47.6. The lowest BCUT2D eigenvalue weighted by atomic mass is 9.79. The van der Waals surface area contributed by atoms with Crippen LogP contribution in [-0.2, 0) is 19.2 Å². The molecule has 9 nitrogen and oxygen atoms in total. The van der Waals surface area contributed by atoms with Crippen molar-refractivity contribution in [3.05, 3.63) is 0 Å². The summed E-state index contributed by atoms with van der Waals surface area (Å²) >= 11 is 0. The number of carbonyl (C=O) groups excluding carboxylic acids is 3. The van der Waals surface area contributed by atoms with Crippen LogP contribution < -0.4 is 10.6 Å². The Morgan fingerprint density at radius 1 is 1.00 bits per heavy atom. The number of carboxylic acids is 1. The molecular weight excluding hydrogens is 308 g/mol. The van der Waals surface area contributed by atoms with Crippen LogP contribution in [0.5, 0.6) is 0 Å². The molecular formula is C14H24N2O7. The summed E-state index contributed by atoms with van der Waals surface area (Å²) in [5, 5.41) is 34.6. The van der Waals surface area contributed by atoms with E-state index in [1.165, 1.54) is 27.9 Å². The van der Waals surface area contributed by atoms with Gasteiger partial charge in [0.25, 0.3) is 0 Å². The van der Waals surface area contributed by atoms with Crippen molar-refractivity contribution in [2.45, 2.75) is 50.5 Å². The van der Waals surface area contributed by atoms with Crippen LogP contribution in [0.15, 0.2) is 0 Å². The van der Waals surface area contributed by atoms with Crippen LogP contribution in [0.1, 0.15) is 27.2 Å². The minimum atomic E-state index is -3.20. The van der Waals surface area contributed by atoms with Crippen LogP contribution in [0, 0.1) is 0 Å². The molecule has 23 heavy (non-hydrogen) atoms. The first-order valence-corrected chi connectivity index (χ1v) is 7.00. The second-order valence-electron chi connectivity index (χ2n) is 5.59. The van der Waals surface area contributed by atoms with Crippen molar-refractivity contribution in [1.82, 2.24) is 10.6 Å². The molecule has 0 amide bonds. The third-order valence-electron chi connectivity index (χ3n) is 3.82. The number of carboxylic acid groups (broad SMARTS) is 1. The number of hydrogen-bond donors (Lipinski definition) is 5. The van der Waals surface area contributed by atoms with Crippen molar-refractivity contribution < 1.29 is 34.5 Å². The van der Waals surface area contributed by atoms with Gasteiger partial charge in [0.2, 0.25) is 11.4 Å². The Hall–Kier alpha value is -1.68. The number of hydrogen-bond acceptors (Lipinski definition) is 8. The van der Waals surface area contributed by atoms with E-state index in [-0.39, 0.29) is 0 Å². The highest BCUT2D eigenvalue weighted by molar-refractivity contribution is 6.22. The monoisotopic (exact) mass is 332 g/mol. The fourth-order valence-electron chi connectivity index (χ4n) is 1.89. The average molecular weight is 332 g/mol. The second-order valence-corrected chi connectivity index (χ2v) is 5.59. The molecule has 0 fully saturated rings. The summed E-state index contributed by atoms with van der Waals surface area (Å²) in [6, 6.07) is -1.77. The topological polar surface area (TPSA) is 153 Å². The van der Waals surface area contributed by atoms with E-state index in [0.29, 0.717) is 0 Å². The van der Waals surface area contributed by atoms with Crippen LogP contribution in [0.4, 0.5) is 0 Å². The van der Waals surface area contributed by atoms with Gasteiger partial charge in [-0.2, -0.15) is 0 Å². The molecule has 0 rings (SSSR count). The maximum absolute atomic E-state index is 12.3. The third-order valence-corrected chi connectivity index (χ3v) is 3.82. The Morgan fingerprint density at radius 3 is 1.78 bits per heavy atom. The van der Waals surface area contributed by atoms with Crippen LogP contribution in [-0.4, -0.2) is 76.0 Å². The van der Waals surface area contributed by atoms with E-state index in [0.717, 1.165) is 6.92 Å². The number of rotatable bonds is 10. The molecule has 0 saturated carbocycles. The van der Waals surface area contributed by atoms with Crippen LogP contribution in [0.25, 0.3) is 0 Å². The van der Waals surface area contributed by atoms with Crippen molar-refractivity contribution in [3.8, 4) is 0 Å². The van der Waals surface area contributed by atoms with Crippen molar-refractivity contribution >= 4 is 23.3 Å². The number of nitrogens with one attached hydrogen (secondary N) is 2. The van der Waals surface area contributed by atoms with Gasteiger partial charge in [-0.1, -0.05) is 0 Å². The van der Waals surface area contributed by atoms with E-state index in [2.05, 4.69) is 10.6 Å². The van der Waals surface area contributed by atoms with Crippen molar-refractivity contribution in [2.75, 3.05) is 14.1 Å². The largest absolute Gasteiger partial charge is 0.479 e. The lowest BCUT2D eigenvalue weighted by Crippen LogP contribution is -2.63. The summed E-state index contributed by atoms with van der Waals surface area (Å²) in [5.74, 6) is -5.43. The molecule has 132 valence electrons. The van der Waals surface area contributed by atoms with Crippen LogP contribution in [0.2, 0.25) is 0 Å². The van der Waals surface area contributed by atoms with E-state index in [1.807, 2.05) is 0 Å².